The molecule has 0 aliphatic rings. The van der Waals surface area contributed by atoms with Crippen LogP contribution in [0.3, 0.4) is 0 Å². The molecule has 3 N–H and O–H groups in total. The van der Waals surface area contributed by atoms with Crippen molar-refractivity contribution in [3.05, 3.63) is 88.5 Å². The van der Waals surface area contributed by atoms with Crippen LogP contribution in [0.2, 0.25) is 0 Å². The van der Waals surface area contributed by atoms with Crippen molar-refractivity contribution in [1.82, 2.24) is 9.97 Å². The maximum absolute atomic E-state index is 11.3. The Kier molecular flexibility index (Phi) is 5.41. The highest BCUT2D eigenvalue weighted by atomic mass is 16.6. The van der Waals surface area contributed by atoms with Crippen molar-refractivity contribution in [2.24, 2.45) is 10.2 Å². The summed E-state index contributed by atoms with van der Waals surface area (Å²) < 4.78 is 0. The van der Waals surface area contributed by atoms with Gasteiger partial charge in [-0.1, -0.05) is 60.7 Å². The second kappa shape index (κ2) is 8.48. The van der Waals surface area contributed by atoms with Crippen molar-refractivity contribution in [3.63, 3.8) is 0 Å². The van der Waals surface area contributed by atoms with E-state index in [1.54, 1.807) is 0 Å². The van der Waals surface area contributed by atoms with Gasteiger partial charge in [0.25, 0.3) is 5.69 Å². The summed E-state index contributed by atoms with van der Waals surface area (Å²) in [6.07, 6.45) is 0. The standard InChI is InChI=1S/C22H15N5O5/c28-18-12-17(27(31)32)15(21(29)30)11-16(18)25-26-22-23-19(13-7-3-1-4-8-13)20(24-22)14-9-5-2-6-10-14/h1-12,28H,(H,23,24)(H,29,30). The Morgan fingerprint density at radius 2 is 1.59 bits per heavy atom. The number of carboxylic acids is 1. The minimum atomic E-state index is -1.52. The number of H-pyrrole nitrogens is 1. The molecule has 4 rings (SSSR count). The van der Waals surface area contributed by atoms with Gasteiger partial charge in [-0.3, -0.25) is 10.1 Å². The van der Waals surface area contributed by atoms with Crippen molar-refractivity contribution < 1.29 is 19.9 Å². The number of hydrogen-bond acceptors (Lipinski definition) is 7. The number of nitrogens with one attached hydrogen (secondary N) is 1. The zero-order valence-corrected chi connectivity index (χ0v) is 16.3. The van der Waals surface area contributed by atoms with Gasteiger partial charge in [-0.25, -0.2) is 9.78 Å². The molecule has 0 fully saturated rings. The smallest absolute Gasteiger partial charge is 0.342 e. The molecule has 10 heteroatoms. The van der Waals surface area contributed by atoms with Crippen LogP contribution in [0.1, 0.15) is 10.4 Å². The number of aromatic hydroxyl groups is 1. The lowest BCUT2D eigenvalue weighted by Crippen LogP contribution is -2.02. The van der Waals surface area contributed by atoms with Crippen LogP contribution in [-0.4, -0.2) is 31.1 Å². The van der Waals surface area contributed by atoms with Crippen LogP contribution in [0.4, 0.5) is 17.3 Å². The molecule has 0 bridgehead atoms. The van der Waals surface area contributed by atoms with Crippen LogP contribution in [0.15, 0.2) is 83.0 Å². The number of imidazole rings is 1. The van der Waals surface area contributed by atoms with Gasteiger partial charge in [0.05, 0.1) is 22.4 Å². The summed E-state index contributed by atoms with van der Waals surface area (Å²) in [6, 6.07) is 20.5. The SMILES string of the molecule is O=C(O)c1cc(N=Nc2nc(-c3ccccc3)c(-c3ccccc3)[nH]2)c(O)cc1[N+](=O)[O-]. The Balaban J connectivity index is 1.77. The van der Waals surface area contributed by atoms with Gasteiger partial charge in [0, 0.05) is 11.1 Å². The predicted molar refractivity (Wildman–Crippen MR) is 115 cm³/mol. The number of nitrogens with zero attached hydrogens (tertiary/aromatic N) is 4. The summed E-state index contributed by atoms with van der Waals surface area (Å²) in [5.74, 6) is -2.00. The van der Waals surface area contributed by atoms with Crippen molar-refractivity contribution >= 4 is 23.3 Å². The molecule has 1 heterocycles. The molecule has 0 aliphatic carbocycles. The van der Waals surface area contributed by atoms with Crippen LogP contribution in [0, 0.1) is 10.1 Å². The average molecular weight is 429 g/mol. The first kappa shape index (κ1) is 20.4. The molecule has 0 radical (unpaired) electrons. The lowest BCUT2D eigenvalue weighted by molar-refractivity contribution is -0.385. The Bertz CT molecular complexity index is 1280. The largest absolute Gasteiger partial charge is 0.505 e. The van der Waals surface area contributed by atoms with E-state index in [1.165, 1.54) is 0 Å². The fraction of sp³-hybridized carbons (Fsp3) is 0. The molecule has 0 saturated heterocycles. The molecule has 3 aromatic carbocycles. The molecule has 158 valence electrons. The first-order valence-electron chi connectivity index (χ1n) is 9.31. The number of rotatable bonds is 6. The van der Waals surface area contributed by atoms with E-state index in [0.29, 0.717) is 11.4 Å². The minimum Gasteiger partial charge on any atom is -0.505 e. The highest BCUT2D eigenvalue weighted by Crippen LogP contribution is 2.36. The highest BCUT2D eigenvalue weighted by Gasteiger charge is 2.23. The third kappa shape index (κ3) is 4.05. The molecule has 0 spiro atoms. The molecule has 1 aromatic heterocycles. The van der Waals surface area contributed by atoms with Crippen molar-refractivity contribution in [1.29, 1.82) is 0 Å². The van der Waals surface area contributed by atoms with Gasteiger partial charge in [0.1, 0.15) is 17.0 Å². The molecule has 0 atom stereocenters. The average Bonchev–Trinajstić information content (AvgIpc) is 3.23. The number of phenolic OH excluding ortho intramolecular Hbond substituents is 1. The molecule has 0 aliphatic heterocycles. The third-order valence-electron chi connectivity index (χ3n) is 4.57. The second-order valence-electron chi connectivity index (χ2n) is 6.64. The zero-order valence-electron chi connectivity index (χ0n) is 16.3. The highest BCUT2D eigenvalue weighted by molar-refractivity contribution is 5.94. The molecule has 32 heavy (non-hydrogen) atoms. The minimum absolute atomic E-state index is 0.109. The van der Waals surface area contributed by atoms with E-state index in [9.17, 15) is 25.1 Å². The first-order valence-corrected chi connectivity index (χ1v) is 9.31. The van der Waals surface area contributed by atoms with Crippen molar-refractivity contribution in [3.8, 4) is 28.3 Å². The van der Waals surface area contributed by atoms with E-state index in [0.717, 1.165) is 23.3 Å². The van der Waals surface area contributed by atoms with Crippen molar-refractivity contribution in [2.45, 2.75) is 0 Å². The maximum atomic E-state index is 11.3. The maximum Gasteiger partial charge on any atom is 0.342 e. The van der Waals surface area contributed by atoms with Gasteiger partial charge in [-0.05, 0) is 6.07 Å². The Morgan fingerprint density at radius 3 is 2.19 bits per heavy atom. The molecule has 10 nitrogen and oxygen atoms in total. The monoisotopic (exact) mass is 429 g/mol. The molecule has 4 aromatic rings. The van der Waals surface area contributed by atoms with Gasteiger partial charge >= 0.3 is 5.97 Å². The number of aromatic carboxylic acids is 1. The topological polar surface area (TPSA) is 154 Å². The molecule has 0 saturated carbocycles. The first-order chi connectivity index (χ1) is 15.4. The van der Waals surface area contributed by atoms with E-state index >= 15 is 0 Å². The molecule has 0 unspecified atom stereocenters. The zero-order chi connectivity index (χ0) is 22.7. The lowest BCUT2D eigenvalue weighted by Gasteiger charge is -2.02. The van der Waals surface area contributed by atoms with E-state index in [-0.39, 0.29) is 11.6 Å². The number of aromatic amines is 1. The molecular weight excluding hydrogens is 414 g/mol. The normalized spacial score (nSPS) is 11.0. The molecular formula is C22H15N5O5. The summed E-state index contributed by atoms with van der Waals surface area (Å²) in [5.41, 5.74) is 1.43. The fourth-order valence-electron chi connectivity index (χ4n) is 3.10. The number of phenols is 1. The number of carbonyl (C=O) groups is 1. The number of nitro benzene ring substituents is 1. The van der Waals surface area contributed by atoms with E-state index in [1.807, 2.05) is 60.7 Å². The number of aromatic nitrogens is 2. The summed E-state index contributed by atoms with van der Waals surface area (Å²) >= 11 is 0. The second-order valence-corrected chi connectivity index (χ2v) is 6.64. The van der Waals surface area contributed by atoms with Crippen LogP contribution in [-0.2, 0) is 0 Å². The van der Waals surface area contributed by atoms with E-state index < -0.39 is 27.9 Å². The molecule has 0 amide bonds. The van der Waals surface area contributed by atoms with Crippen molar-refractivity contribution in [2.75, 3.05) is 0 Å². The summed E-state index contributed by atoms with van der Waals surface area (Å²) in [7, 11) is 0. The van der Waals surface area contributed by atoms with Gasteiger partial charge in [-0.15, -0.1) is 10.2 Å². The van der Waals surface area contributed by atoms with E-state index in [2.05, 4.69) is 20.2 Å². The third-order valence-corrected chi connectivity index (χ3v) is 4.57. The number of carboxylic acid groups (broad SMARTS) is 1. The van der Waals surface area contributed by atoms with Crippen LogP contribution in [0.25, 0.3) is 22.5 Å². The van der Waals surface area contributed by atoms with Crippen LogP contribution >= 0.6 is 0 Å². The summed E-state index contributed by atoms with van der Waals surface area (Å²) in [5, 5.41) is 38.2. The predicted octanol–water partition coefficient (Wildman–Crippen LogP) is 5.47. The number of nitro groups is 1. The summed E-state index contributed by atoms with van der Waals surface area (Å²) in [4.78, 5) is 29.1. The number of benzene rings is 3. The van der Waals surface area contributed by atoms with Gasteiger partial charge < -0.3 is 15.2 Å². The Hall–Kier alpha value is -4.86. The Morgan fingerprint density at radius 1 is 0.969 bits per heavy atom. The van der Waals surface area contributed by atoms with Gasteiger partial charge in [0.15, 0.2) is 0 Å². The van der Waals surface area contributed by atoms with E-state index in [4.69, 9.17) is 0 Å². The van der Waals surface area contributed by atoms with Crippen LogP contribution < -0.4 is 0 Å². The number of azo groups is 1. The Labute approximate surface area is 180 Å². The fourth-order valence-corrected chi connectivity index (χ4v) is 3.10. The van der Waals surface area contributed by atoms with Gasteiger partial charge in [-0.2, -0.15) is 0 Å². The number of hydrogen-bond donors (Lipinski definition) is 3. The quantitative estimate of drug-likeness (QED) is 0.210. The van der Waals surface area contributed by atoms with Gasteiger partial charge in [0.2, 0.25) is 5.95 Å². The van der Waals surface area contributed by atoms with Crippen LogP contribution in [0.5, 0.6) is 5.75 Å². The summed E-state index contributed by atoms with van der Waals surface area (Å²) in [6.45, 7) is 0. The lowest BCUT2D eigenvalue weighted by atomic mass is 10.1.